The molecule has 0 spiro atoms. The normalized spacial score (nSPS) is 11.4. The van der Waals surface area contributed by atoms with Crippen molar-refractivity contribution in [3.63, 3.8) is 0 Å². The minimum Gasteiger partial charge on any atom is -0.376 e. The predicted molar refractivity (Wildman–Crippen MR) is 88.7 cm³/mol. The van der Waals surface area contributed by atoms with Crippen molar-refractivity contribution in [2.75, 3.05) is 30.8 Å². The van der Waals surface area contributed by atoms with Crippen LogP contribution in [0, 0.1) is 0 Å². The lowest BCUT2D eigenvalue weighted by Gasteiger charge is -2.18. The van der Waals surface area contributed by atoms with E-state index >= 15 is 0 Å². The quantitative estimate of drug-likeness (QED) is 0.856. The number of hydrogen-bond acceptors (Lipinski definition) is 5. The molecule has 114 valence electrons. The van der Waals surface area contributed by atoms with Crippen LogP contribution in [0.15, 0.2) is 40.6 Å². The second-order valence-electron chi connectivity index (χ2n) is 4.80. The lowest BCUT2D eigenvalue weighted by molar-refractivity contribution is 0.601. The lowest BCUT2D eigenvalue weighted by atomic mass is 10.2. The predicted octanol–water partition coefficient (Wildman–Crippen LogP) is 2.33. The first kappa shape index (κ1) is 15.8. The molecule has 2 N–H and O–H groups in total. The SMILES string of the molecule is CNCc1cc(S(=O)(=O)Nc2ccccc2N(C)C)cs1. The second-order valence-corrected chi connectivity index (χ2v) is 7.47. The first-order chi connectivity index (χ1) is 9.94. The molecular weight excluding hydrogens is 306 g/mol. The molecule has 2 rings (SSSR count). The summed E-state index contributed by atoms with van der Waals surface area (Å²) < 4.78 is 27.6. The molecule has 0 bridgehead atoms. The minimum atomic E-state index is -3.56. The van der Waals surface area contributed by atoms with Crippen LogP contribution in [0.1, 0.15) is 4.88 Å². The molecule has 0 amide bonds. The van der Waals surface area contributed by atoms with Crippen molar-refractivity contribution < 1.29 is 8.42 Å². The van der Waals surface area contributed by atoms with Crippen molar-refractivity contribution in [3.8, 4) is 0 Å². The minimum absolute atomic E-state index is 0.298. The van der Waals surface area contributed by atoms with Crippen LogP contribution >= 0.6 is 11.3 Å². The molecule has 0 unspecified atom stereocenters. The Hall–Kier alpha value is -1.57. The van der Waals surface area contributed by atoms with Crippen molar-refractivity contribution in [2.45, 2.75) is 11.4 Å². The van der Waals surface area contributed by atoms with Crippen molar-refractivity contribution in [3.05, 3.63) is 40.6 Å². The third-order valence-corrected chi connectivity index (χ3v) is 5.35. The van der Waals surface area contributed by atoms with Crippen LogP contribution in [0.25, 0.3) is 0 Å². The molecule has 1 aromatic carbocycles. The van der Waals surface area contributed by atoms with Gasteiger partial charge in [-0.15, -0.1) is 11.3 Å². The third-order valence-electron chi connectivity index (χ3n) is 2.92. The Kier molecular flexibility index (Phi) is 4.87. The number of nitrogens with zero attached hydrogens (tertiary/aromatic N) is 1. The molecule has 0 aliphatic carbocycles. The number of sulfonamides is 1. The van der Waals surface area contributed by atoms with Gasteiger partial charge in [-0.2, -0.15) is 0 Å². The van der Waals surface area contributed by atoms with Crippen molar-refractivity contribution in [2.24, 2.45) is 0 Å². The van der Waals surface area contributed by atoms with Gasteiger partial charge in [-0.1, -0.05) is 12.1 Å². The molecule has 21 heavy (non-hydrogen) atoms. The van der Waals surface area contributed by atoms with Crippen molar-refractivity contribution >= 4 is 32.7 Å². The topological polar surface area (TPSA) is 61.4 Å². The molecule has 0 aliphatic rings. The monoisotopic (exact) mass is 325 g/mol. The van der Waals surface area contributed by atoms with E-state index in [9.17, 15) is 8.42 Å². The number of para-hydroxylation sites is 2. The average Bonchev–Trinajstić information content (AvgIpc) is 2.88. The summed E-state index contributed by atoms with van der Waals surface area (Å²) in [5, 5.41) is 4.67. The summed E-state index contributed by atoms with van der Waals surface area (Å²) in [6.07, 6.45) is 0. The van der Waals surface area contributed by atoms with Crippen LogP contribution < -0.4 is 14.9 Å². The number of rotatable bonds is 6. The summed E-state index contributed by atoms with van der Waals surface area (Å²) in [5.41, 5.74) is 1.40. The number of benzene rings is 1. The Morgan fingerprint density at radius 1 is 1.24 bits per heavy atom. The second kappa shape index (κ2) is 6.46. The van der Waals surface area contributed by atoms with Gasteiger partial charge in [0.15, 0.2) is 0 Å². The number of thiophene rings is 1. The van der Waals surface area contributed by atoms with E-state index in [2.05, 4.69) is 10.0 Å². The Morgan fingerprint density at radius 2 is 1.95 bits per heavy atom. The van der Waals surface area contributed by atoms with Gasteiger partial charge in [-0.25, -0.2) is 8.42 Å². The summed E-state index contributed by atoms with van der Waals surface area (Å²) >= 11 is 1.43. The highest BCUT2D eigenvalue weighted by Gasteiger charge is 2.18. The number of anilines is 2. The molecule has 2 aromatic rings. The zero-order valence-corrected chi connectivity index (χ0v) is 13.9. The first-order valence-corrected chi connectivity index (χ1v) is 8.81. The summed E-state index contributed by atoms with van der Waals surface area (Å²) in [4.78, 5) is 3.16. The van der Waals surface area contributed by atoms with Gasteiger partial charge in [0.25, 0.3) is 10.0 Å². The fraction of sp³-hybridized carbons (Fsp3) is 0.286. The lowest BCUT2D eigenvalue weighted by Crippen LogP contribution is -2.16. The van der Waals surface area contributed by atoms with E-state index in [1.54, 1.807) is 17.5 Å². The molecule has 0 fully saturated rings. The summed E-state index contributed by atoms with van der Waals surface area (Å²) in [6, 6.07) is 9.01. The van der Waals surface area contributed by atoms with Gasteiger partial charge in [0.2, 0.25) is 0 Å². The van der Waals surface area contributed by atoms with Crippen LogP contribution in [-0.4, -0.2) is 29.6 Å². The van der Waals surface area contributed by atoms with Gasteiger partial charge in [0.1, 0.15) is 0 Å². The largest absolute Gasteiger partial charge is 0.376 e. The Labute approximate surface area is 129 Å². The zero-order chi connectivity index (χ0) is 15.5. The van der Waals surface area contributed by atoms with E-state index in [1.807, 2.05) is 44.2 Å². The van der Waals surface area contributed by atoms with Crippen LogP contribution in [0.5, 0.6) is 0 Å². The molecule has 5 nitrogen and oxygen atoms in total. The highest BCUT2D eigenvalue weighted by Crippen LogP contribution is 2.27. The van der Waals surface area contributed by atoms with Gasteiger partial charge in [0.05, 0.1) is 16.3 Å². The van der Waals surface area contributed by atoms with Crippen LogP contribution in [0.2, 0.25) is 0 Å². The first-order valence-electron chi connectivity index (χ1n) is 6.45. The van der Waals surface area contributed by atoms with Crippen molar-refractivity contribution in [1.82, 2.24) is 5.32 Å². The standard InChI is InChI=1S/C14H19N3O2S2/c1-15-9-11-8-12(10-20-11)21(18,19)16-13-6-4-5-7-14(13)17(2)3/h4-8,10,15-16H,9H2,1-3H3. The smallest absolute Gasteiger partial charge is 0.262 e. The molecule has 0 aliphatic heterocycles. The summed E-state index contributed by atoms with van der Waals surface area (Å²) in [6.45, 7) is 0.661. The van der Waals surface area contributed by atoms with Crippen LogP contribution in [-0.2, 0) is 16.6 Å². The fourth-order valence-electron chi connectivity index (χ4n) is 1.92. The van der Waals surface area contributed by atoms with Crippen LogP contribution in [0.4, 0.5) is 11.4 Å². The molecule has 0 saturated heterocycles. The van der Waals surface area contributed by atoms with Gasteiger partial charge in [-0.05, 0) is 25.2 Å². The highest BCUT2D eigenvalue weighted by molar-refractivity contribution is 7.92. The Bertz CT molecular complexity index is 709. The summed E-state index contributed by atoms with van der Waals surface area (Å²) in [7, 11) is 2.03. The van der Waals surface area contributed by atoms with Crippen LogP contribution in [0.3, 0.4) is 0 Å². The van der Waals surface area contributed by atoms with Gasteiger partial charge in [-0.3, -0.25) is 4.72 Å². The van der Waals surface area contributed by atoms with E-state index in [1.165, 1.54) is 11.3 Å². The van der Waals surface area contributed by atoms with E-state index in [0.717, 1.165) is 10.6 Å². The zero-order valence-electron chi connectivity index (χ0n) is 12.3. The maximum Gasteiger partial charge on any atom is 0.262 e. The third kappa shape index (κ3) is 3.75. The molecule has 0 radical (unpaired) electrons. The molecule has 0 atom stereocenters. The maximum atomic E-state index is 12.5. The summed E-state index contributed by atoms with van der Waals surface area (Å²) in [5.74, 6) is 0. The molecule has 7 heteroatoms. The number of hydrogen-bond donors (Lipinski definition) is 2. The maximum absolute atomic E-state index is 12.5. The van der Waals surface area contributed by atoms with Gasteiger partial charge >= 0.3 is 0 Å². The fourth-order valence-corrected chi connectivity index (χ4v) is 4.28. The highest BCUT2D eigenvalue weighted by atomic mass is 32.2. The van der Waals surface area contributed by atoms with Gasteiger partial charge < -0.3 is 10.2 Å². The Balaban J connectivity index is 2.29. The van der Waals surface area contributed by atoms with E-state index in [0.29, 0.717) is 17.1 Å². The molecular formula is C14H19N3O2S2. The van der Waals surface area contributed by atoms with Gasteiger partial charge in [0, 0.05) is 30.9 Å². The van der Waals surface area contributed by atoms with E-state index in [4.69, 9.17) is 0 Å². The van der Waals surface area contributed by atoms with Crippen molar-refractivity contribution in [1.29, 1.82) is 0 Å². The number of nitrogens with one attached hydrogen (secondary N) is 2. The molecule has 1 aromatic heterocycles. The Morgan fingerprint density at radius 3 is 2.62 bits per heavy atom. The van der Waals surface area contributed by atoms with E-state index in [-0.39, 0.29) is 0 Å². The molecule has 0 saturated carbocycles. The van der Waals surface area contributed by atoms with E-state index < -0.39 is 10.0 Å². The average molecular weight is 325 g/mol. The molecule has 1 heterocycles.